The van der Waals surface area contributed by atoms with E-state index in [0.717, 1.165) is 23.3 Å². The molecular formula is C26H43NO. The number of pyridine rings is 1. The van der Waals surface area contributed by atoms with Crippen LogP contribution >= 0.6 is 0 Å². The molecule has 3 rings (SSSR count). The minimum Gasteiger partial charge on any atom is -0.485 e. The first-order valence-electron chi connectivity index (χ1n) is 12.3. The van der Waals surface area contributed by atoms with Crippen LogP contribution in [0.1, 0.15) is 114 Å². The van der Waals surface area contributed by atoms with Gasteiger partial charge >= 0.3 is 0 Å². The molecule has 0 radical (unpaired) electrons. The van der Waals surface area contributed by atoms with Crippen LogP contribution in [0.4, 0.5) is 0 Å². The van der Waals surface area contributed by atoms with Crippen LogP contribution < -0.4 is 4.74 Å². The van der Waals surface area contributed by atoms with E-state index < -0.39 is 0 Å². The molecule has 0 saturated heterocycles. The molecule has 0 aliphatic heterocycles. The lowest BCUT2D eigenvalue weighted by Gasteiger charge is -2.46. The molecule has 1 aromatic rings. The van der Waals surface area contributed by atoms with Crippen molar-refractivity contribution in [1.82, 2.24) is 4.98 Å². The van der Waals surface area contributed by atoms with Crippen LogP contribution in [-0.2, 0) is 0 Å². The second kappa shape index (κ2) is 10.6. The van der Waals surface area contributed by atoms with Crippen LogP contribution in [0.5, 0.6) is 5.75 Å². The Bertz CT molecular complexity index is 582. The number of unbranched alkanes of at least 4 members (excludes halogenated alkanes) is 4. The Kier molecular flexibility index (Phi) is 8.23. The Morgan fingerprint density at radius 1 is 0.964 bits per heavy atom. The summed E-state index contributed by atoms with van der Waals surface area (Å²) in [5.41, 5.74) is 2.44. The highest BCUT2D eigenvalue weighted by molar-refractivity contribution is 5.28. The number of aromatic nitrogens is 1. The number of rotatable bonds is 9. The smallest absolute Gasteiger partial charge is 0.138 e. The van der Waals surface area contributed by atoms with E-state index in [0.29, 0.717) is 0 Å². The molecule has 2 nitrogen and oxygen atoms in total. The summed E-state index contributed by atoms with van der Waals surface area (Å²) in [4.78, 5) is 4.56. The SMILES string of the molecule is CCCCCCCC1CCC(C2(Oc3cnc(C)c(C)c3)CCCCC2)CC1. The van der Waals surface area contributed by atoms with Crippen LogP contribution in [0.3, 0.4) is 0 Å². The molecule has 0 N–H and O–H groups in total. The zero-order valence-corrected chi connectivity index (χ0v) is 18.8. The molecule has 1 aromatic heterocycles. The first-order chi connectivity index (χ1) is 13.6. The topological polar surface area (TPSA) is 22.1 Å². The molecule has 1 heterocycles. The highest BCUT2D eigenvalue weighted by Gasteiger charge is 2.43. The van der Waals surface area contributed by atoms with Crippen molar-refractivity contribution in [2.45, 2.75) is 123 Å². The van der Waals surface area contributed by atoms with Crippen molar-refractivity contribution in [2.24, 2.45) is 11.8 Å². The summed E-state index contributed by atoms with van der Waals surface area (Å²) < 4.78 is 6.82. The highest BCUT2D eigenvalue weighted by Crippen LogP contribution is 2.46. The maximum Gasteiger partial charge on any atom is 0.138 e. The summed E-state index contributed by atoms with van der Waals surface area (Å²) in [6.45, 7) is 6.53. The van der Waals surface area contributed by atoms with Crippen molar-refractivity contribution in [1.29, 1.82) is 0 Å². The molecule has 2 heteroatoms. The summed E-state index contributed by atoms with van der Waals surface area (Å²) >= 11 is 0. The summed E-state index contributed by atoms with van der Waals surface area (Å²) in [7, 11) is 0. The Hall–Kier alpha value is -1.05. The van der Waals surface area contributed by atoms with E-state index in [-0.39, 0.29) is 5.60 Å². The van der Waals surface area contributed by atoms with Gasteiger partial charge in [0.2, 0.25) is 0 Å². The summed E-state index contributed by atoms with van der Waals surface area (Å²) in [6, 6.07) is 2.21. The van der Waals surface area contributed by atoms with E-state index in [2.05, 4.69) is 31.8 Å². The predicted octanol–water partition coefficient (Wildman–Crippen LogP) is 7.95. The van der Waals surface area contributed by atoms with E-state index in [9.17, 15) is 0 Å². The lowest BCUT2D eigenvalue weighted by atomic mass is 9.67. The molecule has 2 aliphatic carbocycles. The average Bonchev–Trinajstić information content (AvgIpc) is 2.72. The zero-order chi connectivity index (χ0) is 19.8. The van der Waals surface area contributed by atoms with Gasteiger partial charge < -0.3 is 4.74 Å². The standard InChI is InChI=1S/C26H43NO/c1-4-5-6-7-9-12-23-13-15-24(16-14-23)26(17-10-8-11-18-26)28-25-19-21(2)22(3)27-20-25/h19-20,23-24H,4-18H2,1-3H3. The third-order valence-corrected chi connectivity index (χ3v) is 7.64. The van der Waals surface area contributed by atoms with Gasteiger partial charge in [0.05, 0.1) is 6.20 Å². The van der Waals surface area contributed by atoms with Gasteiger partial charge in [-0.1, -0.05) is 64.7 Å². The van der Waals surface area contributed by atoms with Gasteiger partial charge in [-0.2, -0.15) is 0 Å². The lowest BCUT2D eigenvalue weighted by Crippen LogP contribution is -2.47. The van der Waals surface area contributed by atoms with Gasteiger partial charge in [-0.15, -0.1) is 0 Å². The van der Waals surface area contributed by atoms with Gasteiger partial charge in [0.25, 0.3) is 0 Å². The van der Waals surface area contributed by atoms with E-state index >= 15 is 0 Å². The maximum absolute atomic E-state index is 6.82. The number of aryl methyl sites for hydroxylation is 2. The number of hydrogen-bond acceptors (Lipinski definition) is 2. The average molecular weight is 386 g/mol. The van der Waals surface area contributed by atoms with Gasteiger partial charge in [0, 0.05) is 5.69 Å². The summed E-state index contributed by atoms with van der Waals surface area (Å²) in [6.07, 6.45) is 22.6. The van der Waals surface area contributed by atoms with E-state index in [1.165, 1.54) is 102 Å². The second-order valence-corrected chi connectivity index (χ2v) is 9.72. The normalized spacial score (nSPS) is 24.8. The molecule has 0 aromatic carbocycles. The molecule has 2 saturated carbocycles. The van der Waals surface area contributed by atoms with Gasteiger partial charge in [0.1, 0.15) is 11.4 Å². The van der Waals surface area contributed by atoms with E-state index in [1.807, 2.05) is 6.20 Å². The van der Waals surface area contributed by atoms with Crippen molar-refractivity contribution in [2.75, 3.05) is 0 Å². The first kappa shape index (κ1) is 21.7. The summed E-state index contributed by atoms with van der Waals surface area (Å²) in [5, 5.41) is 0. The third-order valence-electron chi connectivity index (χ3n) is 7.64. The third kappa shape index (κ3) is 5.74. The van der Waals surface area contributed by atoms with Crippen LogP contribution in [-0.4, -0.2) is 10.6 Å². The van der Waals surface area contributed by atoms with E-state index in [1.54, 1.807) is 0 Å². The fourth-order valence-corrected chi connectivity index (χ4v) is 5.67. The highest BCUT2D eigenvalue weighted by atomic mass is 16.5. The quantitative estimate of drug-likeness (QED) is 0.402. The minimum absolute atomic E-state index is 0.0771. The first-order valence-corrected chi connectivity index (χ1v) is 12.3. The van der Waals surface area contributed by atoms with Crippen molar-refractivity contribution in [3.8, 4) is 5.75 Å². The van der Waals surface area contributed by atoms with Crippen molar-refractivity contribution in [3.63, 3.8) is 0 Å². The molecular weight excluding hydrogens is 342 g/mol. The van der Waals surface area contributed by atoms with Gasteiger partial charge in [-0.3, -0.25) is 4.98 Å². The number of ether oxygens (including phenoxy) is 1. The summed E-state index contributed by atoms with van der Waals surface area (Å²) in [5.74, 6) is 2.72. The Morgan fingerprint density at radius 2 is 1.68 bits per heavy atom. The molecule has 2 fully saturated rings. The zero-order valence-electron chi connectivity index (χ0n) is 18.8. The second-order valence-electron chi connectivity index (χ2n) is 9.72. The number of hydrogen-bond donors (Lipinski definition) is 0. The van der Waals surface area contributed by atoms with Crippen LogP contribution in [0, 0.1) is 25.7 Å². The molecule has 0 amide bonds. The predicted molar refractivity (Wildman–Crippen MR) is 119 cm³/mol. The van der Waals surface area contributed by atoms with Crippen molar-refractivity contribution in [3.05, 3.63) is 23.5 Å². The fourth-order valence-electron chi connectivity index (χ4n) is 5.67. The molecule has 0 bridgehead atoms. The minimum atomic E-state index is 0.0771. The molecule has 0 atom stereocenters. The van der Waals surface area contributed by atoms with Crippen molar-refractivity contribution < 1.29 is 4.74 Å². The molecule has 2 aliphatic rings. The maximum atomic E-state index is 6.82. The largest absolute Gasteiger partial charge is 0.485 e. The molecule has 28 heavy (non-hydrogen) atoms. The fraction of sp³-hybridized carbons (Fsp3) is 0.808. The van der Waals surface area contributed by atoms with Gasteiger partial charge in [-0.05, 0) is 75.8 Å². The van der Waals surface area contributed by atoms with Crippen molar-refractivity contribution >= 4 is 0 Å². The van der Waals surface area contributed by atoms with Crippen LogP contribution in [0.2, 0.25) is 0 Å². The number of nitrogens with zero attached hydrogens (tertiary/aromatic N) is 1. The van der Waals surface area contributed by atoms with Crippen LogP contribution in [0.15, 0.2) is 12.3 Å². The van der Waals surface area contributed by atoms with E-state index in [4.69, 9.17) is 4.74 Å². The molecule has 0 unspecified atom stereocenters. The molecule has 0 spiro atoms. The lowest BCUT2D eigenvalue weighted by molar-refractivity contribution is -0.0437. The monoisotopic (exact) mass is 385 g/mol. The van der Waals surface area contributed by atoms with Crippen LogP contribution in [0.25, 0.3) is 0 Å². The Balaban J connectivity index is 1.56. The molecule has 158 valence electrons. The Labute approximate surface area is 173 Å². The Morgan fingerprint density at radius 3 is 2.36 bits per heavy atom. The van der Waals surface area contributed by atoms with Gasteiger partial charge in [0.15, 0.2) is 0 Å². The van der Waals surface area contributed by atoms with Gasteiger partial charge in [-0.25, -0.2) is 0 Å².